The maximum atomic E-state index is 11.8. The molecular formula is C12H16N4O. The Balaban J connectivity index is 1.98. The molecule has 1 saturated carbocycles. The van der Waals surface area contributed by atoms with Crippen LogP contribution in [0.3, 0.4) is 0 Å². The van der Waals surface area contributed by atoms with E-state index in [4.69, 9.17) is 5.26 Å². The summed E-state index contributed by atoms with van der Waals surface area (Å²) in [4.78, 5) is 11.8. The van der Waals surface area contributed by atoms with Crippen molar-refractivity contribution in [3.8, 4) is 6.07 Å². The Morgan fingerprint density at radius 2 is 2.41 bits per heavy atom. The number of rotatable bonds is 4. The average molecular weight is 232 g/mol. The summed E-state index contributed by atoms with van der Waals surface area (Å²) in [5.74, 6) is -0.147. The van der Waals surface area contributed by atoms with E-state index < -0.39 is 5.41 Å². The standard InChI is InChI=1S/C12H16N4O/c1-3-10-9(7-16(2)15-10)6-14-11(17)12(8-13)4-5-12/h7H,3-6H2,1-2H3,(H,14,17). The van der Waals surface area contributed by atoms with Gasteiger partial charge in [0.2, 0.25) is 5.91 Å². The van der Waals surface area contributed by atoms with E-state index in [2.05, 4.69) is 16.5 Å². The van der Waals surface area contributed by atoms with Crippen molar-refractivity contribution in [1.29, 1.82) is 5.26 Å². The van der Waals surface area contributed by atoms with Crippen LogP contribution in [-0.2, 0) is 24.8 Å². The maximum absolute atomic E-state index is 11.8. The van der Waals surface area contributed by atoms with Crippen LogP contribution in [0.25, 0.3) is 0 Å². The number of nitrogens with one attached hydrogen (secondary N) is 1. The van der Waals surface area contributed by atoms with Gasteiger partial charge in [0.05, 0.1) is 11.8 Å². The molecule has 17 heavy (non-hydrogen) atoms. The van der Waals surface area contributed by atoms with Crippen LogP contribution in [0.5, 0.6) is 0 Å². The molecule has 0 aliphatic heterocycles. The molecule has 0 unspecified atom stereocenters. The largest absolute Gasteiger partial charge is 0.351 e. The van der Waals surface area contributed by atoms with Crippen LogP contribution in [0.15, 0.2) is 6.20 Å². The number of aromatic nitrogens is 2. The molecule has 90 valence electrons. The summed E-state index contributed by atoms with van der Waals surface area (Å²) >= 11 is 0. The third-order valence-corrected chi connectivity index (χ3v) is 3.16. The first kappa shape index (κ1) is 11.6. The number of hydrogen-bond acceptors (Lipinski definition) is 3. The molecule has 5 nitrogen and oxygen atoms in total. The van der Waals surface area contributed by atoms with E-state index in [1.165, 1.54) is 0 Å². The number of nitriles is 1. The van der Waals surface area contributed by atoms with E-state index in [1.807, 2.05) is 20.2 Å². The van der Waals surface area contributed by atoms with Crippen LogP contribution in [0.4, 0.5) is 0 Å². The lowest BCUT2D eigenvalue weighted by molar-refractivity contribution is -0.124. The summed E-state index contributed by atoms with van der Waals surface area (Å²) < 4.78 is 1.75. The molecule has 1 N–H and O–H groups in total. The lowest BCUT2D eigenvalue weighted by atomic mass is 10.1. The molecule has 0 spiro atoms. The van der Waals surface area contributed by atoms with Gasteiger partial charge in [-0.3, -0.25) is 9.48 Å². The zero-order valence-electron chi connectivity index (χ0n) is 10.2. The molecule has 0 radical (unpaired) electrons. The molecule has 1 fully saturated rings. The zero-order valence-corrected chi connectivity index (χ0v) is 10.2. The number of carbonyl (C=O) groups is 1. The van der Waals surface area contributed by atoms with Crippen LogP contribution < -0.4 is 5.32 Å². The van der Waals surface area contributed by atoms with Gasteiger partial charge in [0, 0.05) is 25.4 Å². The molecule has 1 aliphatic rings. The van der Waals surface area contributed by atoms with Gasteiger partial charge in [-0.25, -0.2) is 0 Å². The summed E-state index contributed by atoms with van der Waals surface area (Å²) in [6, 6.07) is 2.09. The highest BCUT2D eigenvalue weighted by Crippen LogP contribution is 2.45. The molecule has 1 aliphatic carbocycles. The van der Waals surface area contributed by atoms with Gasteiger partial charge < -0.3 is 5.32 Å². The Morgan fingerprint density at radius 3 is 2.94 bits per heavy atom. The second kappa shape index (κ2) is 4.21. The van der Waals surface area contributed by atoms with Crippen LogP contribution in [0.1, 0.15) is 31.0 Å². The second-order valence-electron chi connectivity index (χ2n) is 4.50. The highest BCUT2D eigenvalue weighted by Gasteiger charge is 2.50. The Labute approximate surface area is 100 Å². The Morgan fingerprint density at radius 1 is 1.71 bits per heavy atom. The van der Waals surface area contributed by atoms with Gasteiger partial charge in [0.15, 0.2) is 0 Å². The second-order valence-corrected chi connectivity index (χ2v) is 4.50. The van der Waals surface area contributed by atoms with Gasteiger partial charge >= 0.3 is 0 Å². The number of nitrogens with zero attached hydrogens (tertiary/aromatic N) is 3. The molecule has 0 atom stereocenters. The topological polar surface area (TPSA) is 70.7 Å². The Bertz CT molecular complexity index is 479. The van der Waals surface area contributed by atoms with Gasteiger partial charge in [0.25, 0.3) is 0 Å². The number of aryl methyl sites for hydroxylation is 2. The van der Waals surface area contributed by atoms with Crippen molar-refractivity contribution in [1.82, 2.24) is 15.1 Å². The molecule has 0 aromatic carbocycles. The van der Waals surface area contributed by atoms with Crippen LogP contribution in [-0.4, -0.2) is 15.7 Å². The predicted octanol–water partition coefficient (Wildman–Crippen LogP) is 0.902. The molecule has 1 aromatic heterocycles. The molecule has 5 heteroatoms. The normalized spacial score (nSPS) is 16.3. The minimum Gasteiger partial charge on any atom is -0.351 e. The van der Waals surface area contributed by atoms with Crippen molar-refractivity contribution < 1.29 is 4.79 Å². The van der Waals surface area contributed by atoms with E-state index in [0.29, 0.717) is 19.4 Å². The third kappa shape index (κ3) is 2.16. The highest BCUT2D eigenvalue weighted by molar-refractivity contribution is 5.88. The molecular weight excluding hydrogens is 216 g/mol. The molecule has 1 amide bonds. The number of amides is 1. The SMILES string of the molecule is CCc1nn(C)cc1CNC(=O)C1(C#N)CC1. The summed E-state index contributed by atoms with van der Waals surface area (Å²) in [5.41, 5.74) is 1.28. The summed E-state index contributed by atoms with van der Waals surface area (Å²) in [6.07, 6.45) is 4.12. The van der Waals surface area contributed by atoms with Crippen LogP contribution in [0.2, 0.25) is 0 Å². The van der Waals surface area contributed by atoms with Gasteiger partial charge in [0.1, 0.15) is 5.41 Å². The first-order chi connectivity index (χ1) is 8.11. The predicted molar refractivity (Wildman–Crippen MR) is 61.7 cm³/mol. The Hall–Kier alpha value is -1.83. The molecule has 1 heterocycles. The minimum absolute atomic E-state index is 0.147. The first-order valence-corrected chi connectivity index (χ1v) is 5.82. The summed E-state index contributed by atoms with van der Waals surface area (Å²) in [5, 5.41) is 16.0. The van der Waals surface area contributed by atoms with E-state index >= 15 is 0 Å². The lowest BCUT2D eigenvalue weighted by Crippen LogP contribution is -2.30. The lowest BCUT2D eigenvalue weighted by Gasteiger charge is -2.07. The maximum Gasteiger partial charge on any atom is 0.240 e. The van der Waals surface area contributed by atoms with Crippen molar-refractivity contribution in [3.63, 3.8) is 0 Å². The van der Waals surface area contributed by atoms with Gasteiger partial charge in [-0.15, -0.1) is 0 Å². The van der Waals surface area contributed by atoms with Crippen molar-refractivity contribution in [3.05, 3.63) is 17.5 Å². The fourth-order valence-electron chi connectivity index (χ4n) is 1.89. The summed E-state index contributed by atoms with van der Waals surface area (Å²) in [7, 11) is 1.86. The van der Waals surface area contributed by atoms with E-state index in [9.17, 15) is 4.79 Å². The molecule has 0 saturated heterocycles. The first-order valence-electron chi connectivity index (χ1n) is 5.82. The fraction of sp³-hybridized carbons (Fsp3) is 0.583. The van der Waals surface area contributed by atoms with Gasteiger partial charge in [-0.05, 0) is 19.3 Å². The molecule has 1 aromatic rings. The Kier molecular flexibility index (Phi) is 2.88. The van der Waals surface area contributed by atoms with Crippen molar-refractivity contribution >= 4 is 5.91 Å². The van der Waals surface area contributed by atoms with E-state index in [1.54, 1.807) is 4.68 Å². The van der Waals surface area contributed by atoms with Crippen LogP contribution in [0, 0.1) is 16.7 Å². The van der Waals surface area contributed by atoms with Crippen LogP contribution >= 0.6 is 0 Å². The van der Waals surface area contributed by atoms with Gasteiger partial charge in [-0.1, -0.05) is 6.92 Å². The zero-order chi connectivity index (χ0) is 12.5. The van der Waals surface area contributed by atoms with Gasteiger partial charge in [-0.2, -0.15) is 10.4 Å². The minimum atomic E-state index is -0.741. The van der Waals surface area contributed by atoms with E-state index in [-0.39, 0.29) is 5.91 Å². The summed E-state index contributed by atoms with van der Waals surface area (Å²) in [6.45, 7) is 2.49. The van der Waals surface area contributed by atoms with E-state index in [0.717, 1.165) is 17.7 Å². The third-order valence-electron chi connectivity index (χ3n) is 3.16. The highest BCUT2D eigenvalue weighted by atomic mass is 16.2. The molecule has 2 rings (SSSR count). The quantitative estimate of drug-likeness (QED) is 0.838. The molecule has 0 bridgehead atoms. The van der Waals surface area contributed by atoms with Crippen molar-refractivity contribution in [2.45, 2.75) is 32.7 Å². The number of hydrogen-bond donors (Lipinski definition) is 1. The fourth-order valence-corrected chi connectivity index (χ4v) is 1.89. The van der Waals surface area contributed by atoms with Crippen molar-refractivity contribution in [2.75, 3.05) is 0 Å². The smallest absolute Gasteiger partial charge is 0.240 e. The van der Waals surface area contributed by atoms with Crippen molar-refractivity contribution in [2.24, 2.45) is 12.5 Å². The average Bonchev–Trinajstić information content (AvgIpc) is 3.05. The number of carbonyl (C=O) groups excluding carboxylic acids is 1. The monoisotopic (exact) mass is 232 g/mol.